The van der Waals surface area contributed by atoms with Crippen molar-refractivity contribution in [2.45, 2.75) is 32.2 Å². The number of aliphatic imine (C=N–C) groups is 1. The first-order valence-corrected chi connectivity index (χ1v) is 9.91. The number of halogens is 1. The lowest BCUT2D eigenvalue weighted by molar-refractivity contribution is -0.121. The van der Waals surface area contributed by atoms with Gasteiger partial charge in [0.05, 0.1) is 0 Å². The quantitative estimate of drug-likeness (QED) is 0.279. The lowest BCUT2D eigenvalue weighted by Crippen LogP contribution is -2.46. The molecule has 154 valence electrons. The Morgan fingerprint density at radius 1 is 1.21 bits per heavy atom. The van der Waals surface area contributed by atoms with Crippen molar-refractivity contribution in [3.05, 3.63) is 36.5 Å². The molecule has 7 heteroatoms. The highest BCUT2D eigenvalue weighted by atomic mass is 127. The van der Waals surface area contributed by atoms with E-state index in [1.165, 1.54) is 10.9 Å². The summed E-state index contributed by atoms with van der Waals surface area (Å²) >= 11 is 0. The summed E-state index contributed by atoms with van der Waals surface area (Å²) in [6.45, 7) is 3.82. The van der Waals surface area contributed by atoms with Gasteiger partial charge in [-0.25, -0.2) is 0 Å². The number of nitrogens with zero attached hydrogens (tertiary/aromatic N) is 3. The molecule has 0 bridgehead atoms. The number of aromatic nitrogens is 1. The van der Waals surface area contributed by atoms with Crippen LogP contribution in [-0.2, 0) is 11.3 Å². The Balaban J connectivity index is 0.00000280. The molecule has 28 heavy (non-hydrogen) atoms. The molecule has 0 radical (unpaired) electrons. The van der Waals surface area contributed by atoms with Gasteiger partial charge in [0.25, 0.3) is 0 Å². The summed E-state index contributed by atoms with van der Waals surface area (Å²) in [4.78, 5) is 18.3. The molecular weight excluding hydrogens is 465 g/mol. The molecule has 1 aliphatic rings. The maximum atomic E-state index is 11.5. The summed E-state index contributed by atoms with van der Waals surface area (Å²) in [7, 11) is 3.55. The van der Waals surface area contributed by atoms with Crippen molar-refractivity contribution in [1.82, 2.24) is 20.1 Å². The van der Waals surface area contributed by atoms with E-state index in [1.54, 1.807) is 7.05 Å². The fourth-order valence-corrected chi connectivity index (χ4v) is 3.83. The topological polar surface area (TPSA) is 61.7 Å². The first kappa shape index (κ1) is 22.5. The number of likely N-dealkylation sites (tertiary alicyclic amines) is 1. The minimum atomic E-state index is 0. The monoisotopic (exact) mass is 497 g/mol. The van der Waals surface area contributed by atoms with Crippen LogP contribution in [0.2, 0.25) is 0 Å². The predicted octanol–water partition coefficient (Wildman–Crippen LogP) is 3.07. The average Bonchev–Trinajstić information content (AvgIpc) is 3.12. The van der Waals surface area contributed by atoms with Crippen LogP contribution in [0.15, 0.2) is 41.5 Å². The van der Waals surface area contributed by atoms with Crippen molar-refractivity contribution in [2.24, 2.45) is 10.9 Å². The van der Waals surface area contributed by atoms with Crippen LogP contribution in [0.5, 0.6) is 0 Å². The summed E-state index contributed by atoms with van der Waals surface area (Å²) in [6.07, 6.45) is 5.94. The molecule has 2 N–H and O–H groups in total. The van der Waals surface area contributed by atoms with Crippen molar-refractivity contribution in [3.63, 3.8) is 0 Å². The predicted molar refractivity (Wildman–Crippen MR) is 126 cm³/mol. The van der Waals surface area contributed by atoms with Crippen LogP contribution in [0.1, 0.15) is 25.7 Å². The number of para-hydroxylation sites is 1. The van der Waals surface area contributed by atoms with E-state index in [4.69, 9.17) is 0 Å². The van der Waals surface area contributed by atoms with Crippen molar-refractivity contribution in [3.8, 4) is 0 Å². The summed E-state index contributed by atoms with van der Waals surface area (Å²) in [6, 6.07) is 10.7. The number of hydrogen-bond acceptors (Lipinski definition) is 2. The van der Waals surface area contributed by atoms with Gasteiger partial charge in [-0.2, -0.15) is 0 Å². The zero-order valence-electron chi connectivity index (χ0n) is 16.9. The number of guanidine groups is 1. The van der Waals surface area contributed by atoms with Gasteiger partial charge in [0.15, 0.2) is 5.96 Å². The van der Waals surface area contributed by atoms with Crippen LogP contribution in [0.4, 0.5) is 0 Å². The van der Waals surface area contributed by atoms with Crippen LogP contribution in [0, 0.1) is 5.92 Å². The van der Waals surface area contributed by atoms with Crippen LogP contribution in [0.25, 0.3) is 10.9 Å². The summed E-state index contributed by atoms with van der Waals surface area (Å²) in [5.74, 6) is 1.61. The Labute approximate surface area is 184 Å². The molecule has 1 saturated heterocycles. The highest BCUT2D eigenvalue weighted by Crippen LogP contribution is 2.20. The van der Waals surface area contributed by atoms with Gasteiger partial charge in [-0.15, -0.1) is 24.0 Å². The molecule has 2 aromatic rings. The second-order valence-electron chi connectivity index (χ2n) is 7.20. The normalized spacial score (nSPS) is 15.4. The Bertz CT molecular complexity index is 780. The number of carbonyl (C=O) groups is 1. The number of fused-ring (bicyclic) bond motifs is 1. The third-order valence-electron chi connectivity index (χ3n) is 5.42. The van der Waals surface area contributed by atoms with Crippen LogP contribution in [0.3, 0.4) is 0 Å². The summed E-state index contributed by atoms with van der Waals surface area (Å²) in [5.41, 5.74) is 1.29. The molecule has 0 unspecified atom stereocenters. The number of carbonyl (C=O) groups excluding carboxylic acids is 1. The Hall–Kier alpha value is -1.77. The molecule has 3 rings (SSSR count). The molecule has 2 heterocycles. The third-order valence-corrected chi connectivity index (χ3v) is 5.42. The number of benzene rings is 1. The van der Waals surface area contributed by atoms with E-state index in [1.807, 2.05) is 7.05 Å². The van der Waals surface area contributed by atoms with E-state index in [0.717, 1.165) is 51.4 Å². The largest absolute Gasteiger partial charge is 0.359 e. The van der Waals surface area contributed by atoms with Gasteiger partial charge in [-0.3, -0.25) is 9.79 Å². The maximum Gasteiger partial charge on any atom is 0.220 e. The van der Waals surface area contributed by atoms with Crippen molar-refractivity contribution in [2.75, 3.05) is 33.7 Å². The van der Waals surface area contributed by atoms with E-state index in [-0.39, 0.29) is 29.9 Å². The van der Waals surface area contributed by atoms with E-state index >= 15 is 0 Å². The summed E-state index contributed by atoms with van der Waals surface area (Å²) in [5, 5.41) is 7.52. The second-order valence-corrected chi connectivity index (χ2v) is 7.20. The Morgan fingerprint density at radius 3 is 2.68 bits per heavy atom. The average molecular weight is 497 g/mol. The SMILES string of the molecule is CN=C(NCCCn1ccc2ccccc21)N1CCC(CC(=O)NC)CC1.I. The standard InChI is InChI=1S/C21H31N5O.HI/c1-22-20(27)16-17-8-13-26(14-9-17)21(23-2)24-11-5-12-25-15-10-18-6-3-4-7-19(18)25;/h3-4,6-7,10,15,17H,5,8-9,11-14,16H2,1-2H3,(H,22,27)(H,23,24);1H. The van der Waals surface area contributed by atoms with E-state index in [0.29, 0.717) is 12.3 Å². The molecule has 1 amide bonds. The van der Waals surface area contributed by atoms with Gasteiger partial charge >= 0.3 is 0 Å². The van der Waals surface area contributed by atoms with Crippen molar-refractivity contribution >= 4 is 46.7 Å². The molecule has 1 aromatic heterocycles. The van der Waals surface area contributed by atoms with Crippen molar-refractivity contribution < 1.29 is 4.79 Å². The molecule has 0 aliphatic carbocycles. The van der Waals surface area contributed by atoms with Gasteiger partial charge in [0.2, 0.25) is 5.91 Å². The maximum absolute atomic E-state index is 11.5. The molecule has 0 spiro atoms. The number of rotatable bonds is 6. The van der Waals surface area contributed by atoms with Crippen LogP contribution in [-0.4, -0.2) is 55.1 Å². The first-order valence-electron chi connectivity index (χ1n) is 9.91. The molecular formula is C21H32IN5O. The van der Waals surface area contributed by atoms with Gasteiger partial charge in [-0.05, 0) is 42.7 Å². The Morgan fingerprint density at radius 2 is 1.96 bits per heavy atom. The fraction of sp³-hybridized carbons (Fsp3) is 0.524. The smallest absolute Gasteiger partial charge is 0.220 e. The highest BCUT2D eigenvalue weighted by Gasteiger charge is 2.22. The molecule has 0 atom stereocenters. The Kier molecular flexibility index (Phi) is 9.08. The van der Waals surface area contributed by atoms with E-state index < -0.39 is 0 Å². The van der Waals surface area contributed by atoms with Crippen molar-refractivity contribution in [1.29, 1.82) is 0 Å². The number of amides is 1. The number of hydrogen-bond donors (Lipinski definition) is 2. The number of nitrogens with one attached hydrogen (secondary N) is 2. The highest BCUT2D eigenvalue weighted by molar-refractivity contribution is 14.0. The zero-order chi connectivity index (χ0) is 19.1. The van der Waals surface area contributed by atoms with E-state index in [2.05, 4.69) is 61.6 Å². The fourth-order valence-electron chi connectivity index (χ4n) is 3.83. The van der Waals surface area contributed by atoms with Gasteiger partial charge in [0, 0.05) is 58.4 Å². The number of piperidine rings is 1. The van der Waals surface area contributed by atoms with Gasteiger partial charge in [-0.1, -0.05) is 18.2 Å². The molecule has 1 aliphatic heterocycles. The minimum Gasteiger partial charge on any atom is -0.359 e. The van der Waals surface area contributed by atoms with Gasteiger partial charge in [0.1, 0.15) is 0 Å². The molecule has 1 fully saturated rings. The molecule has 1 aromatic carbocycles. The zero-order valence-corrected chi connectivity index (χ0v) is 19.2. The lowest BCUT2D eigenvalue weighted by atomic mass is 9.93. The third kappa shape index (κ3) is 5.86. The minimum absolute atomic E-state index is 0. The first-order chi connectivity index (χ1) is 13.2. The van der Waals surface area contributed by atoms with Gasteiger partial charge < -0.3 is 20.1 Å². The molecule has 0 saturated carbocycles. The second kappa shape index (κ2) is 11.3. The van der Waals surface area contributed by atoms with Crippen LogP contribution < -0.4 is 10.6 Å². The summed E-state index contributed by atoms with van der Waals surface area (Å²) < 4.78 is 2.31. The lowest BCUT2D eigenvalue weighted by Gasteiger charge is -2.34. The molecule has 6 nitrogen and oxygen atoms in total. The van der Waals surface area contributed by atoms with E-state index in [9.17, 15) is 4.79 Å². The van der Waals surface area contributed by atoms with Crippen LogP contribution >= 0.6 is 24.0 Å². The number of aryl methyl sites for hydroxylation is 1.